The first-order chi connectivity index (χ1) is 15.0. The van der Waals surface area contributed by atoms with Gasteiger partial charge in [0.15, 0.2) is 11.8 Å². The lowest BCUT2D eigenvalue weighted by molar-refractivity contribution is -0.140. The highest BCUT2D eigenvalue weighted by Gasteiger charge is 2.58. The van der Waals surface area contributed by atoms with Crippen LogP contribution in [0, 0.1) is 30.6 Å². The predicted octanol–water partition coefficient (Wildman–Crippen LogP) is 0.719. The summed E-state index contributed by atoms with van der Waals surface area (Å²) in [5.41, 5.74) is 0. The number of nitrogens with one attached hydrogen (secondary N) is 2. The molecule has 10 heteroatoms. The Kier molecular flexibility index (Phi) is 6.64. The minimum absolute atomic E-state index is 0.00497. The Bertz CT molecular complexity index is 866. The van der Waals surface area contributed by atoms with Gasteiger partial charge in [0, 0.05) is 26.7 Å². The number of amides is 2. The number of aryl methyl sites for hydroxylation is 1. The molecule has 4 atom stereocenters. The lowest BCUT2D eigenvalue weighted by atomic mass is 9.85. The average Bonchev–Trinajstić information content (AvgIpc) is 3.51. The molecule has 3 aliphatic rings. The number of hydrogen-bond acceptors (Lipinski definition) is 6. The largest absolute Gasteiger partial charge is 0.356 e. The number of rotatable bonds is 9. The number of aromatic nitrogens is 3. The normalized spacial score (nSPS) is 26.8. The number of aliphatic imine (C=N–C) groups is 1. The van der Waals surface area contributed by atoms with Gasteiger partial charge in [-0.25, -0.2) is 4.99 Å². The molecule has 4 rings (SSSR count). The van der Waals surface area contributed by atoms with Gasteiger partial charge in [0.25, 0.3) is 0 Å². The third-order valence-corrected chi connectivity index (χ3v) is 7.27. The van der Waals surface area contributed by atoms with Crippen LogP contribution in [0.15, 0.2) is 17.1 Å². The molecule has 2 fully saturated rings. The lowest BCUT2D eigenvalue weighted by Gasteiger charge is -2.19. The number of nitrogens with zero attached hydrogens (tertiary/aromatic N) is 5. The van der Waals surface area contributed by atoms with Crippen LogP contribution >= 0.6 is 11.8 Å². The molecule has 1 aliphatic heterocycles. The van der Waals surface area contributed by atoms with Gasteiger partial charge in [0.1, 0.15) is 12.4 Å². The molecule has 1 saturated heterocycles. The second-order valence-electron chi connectivity index (χ2n) is 8.42. The Labute approximate surface area is 187 Å². The van der Waals surface area contributed by atoms with Crippen molar-refractivity contribution in [3.05, 3.63) is 23.8 Å². The van der Waals surface area contributed by atoms with Gasteiger partial charge in [-0.3, -0.25) is 14.5 Å². The maximum Gasteiger partial charge on any atom is 0.233 e. The van der Waals surface area contributed by atoms with Crippen molar-refractivity contribution in [3.8, 4) is 0 Å². The van der Waals surface area contributed by atoms with Gasteiger partial charge in [0.05, 0.1) is 11.8 Å². The monoisotopic (exact) mass is 445 g/mol. The highest BCUT2D eigenvalue weighted by Crippen LogP contribution is 2.52. The van der Waals surface area contributed by atoms with Crippen LogP contribution in [0.2, 0.25) is 0 Å². The van der Waals surface area contributed by atoms with Crippen molar-refractivity contribution in [3.63, 3.8) is 0 Å². The molecule has 4 unspecified atom stereocenters. The Hall–Kier alpha value is -2.36. The van der Waals surface area contributed by atoms with E-state index >= 15 is 0 Å². The third-order valence-electron chi connectivity index (χ3n) is 6.57. The van der Waals surface area contributed by atoms with Crippen molar-refractivity contribution in [2.45, 2.75) is 26.3 Å². The summed E-state index contributed by atoms with van der Waals surface area (Å²) in [4.78, 5) is 31.7. The molecule has 2 bridgehead atoms. The van der Waals surface area contributed by atoms with Crippen molar-refractivity contribution >= 4 is 29.5 Å². The van der Waals surface area contributed by atoms with Crippen molar-refractivity contribution < 1.29 is 9.59 Å². The number of allylic oxidation sites excluding steroid dienone is 2. The molecule has 1 aromatic rings. The number of carbonyl (C=O) groups is 2. The summed E-state index contributed by atoms with van der Waals surface area (Å²) in [6.45, 7) is 3.92. The second kappa shape index (κ2) is 9.42. The number of carbonyl (C=O) groups excluding carboxylic acids is 2. The van der Waals surface area contributed by atoms with Crippen LogP contribution in [0.3, 0.4) is 0 Å². The smallest absolute Gasteiger partial charge is 0.233 e. The van der Waals surface area contributed by atoms with E-state index < -0.39 is 0 Å². The molecule has 0 radical (unpaired) electrons. The van der Waals surface area contributed by atoms with Crippen LogP contribution in [0.25, 0.3) is 0 Å². The van der Waals surface area contributed by atoms with E-state index in [1.165, 1.54) is 4.90 Å². The summed E-state index contributed by atoms with van der Waals surface area (Å²) in [7, 11) is 1.92. The number of fused-ring (bicyclic) bond motifs is 5. The zero-order valence-corrected chi connectivity index (χ0v) is 19.2. The molecule has 2 heterocycles. The van der Waals surface area contributed by atoms with E-state index in [1.54, 1.807) is 0 Å². The quantitative estimate of drug-likeness (QED) is 0.190. The molecule has 9 nitrogen and oxygen atoms in total. The first-order valence-corrected chi connectivity index (χ1v) is 12.3. The van der Waals surface area contributed by atoms with Gasteiger partial charge in [0.2, 0.25) is 11.8 Å². The summed E-state index contributed by atoms with van der Waals surface area (Å²) in [5, 5.41) is 14.8. The molecule has 168 valence electrons. The zero-order chi connectivity index (χ0) is 22.0. The van der Waals surface area contributed by atoms with E-state index in [9.17, 15) is 9.59 Å². The van der Waals surface area contributed by atoms with Crippen LogP contribution in [-0.4, -0.2) is 69.1 Å². The van der Waals surface area contributed by atoms with Crippen LogP contribution < -0.4 is 10.6 Å². The van der Waals surface area contributed by atoms with Gasteiger partial charge >= 0.3 is 0 Å². The highest BCUT2D eigenvalue weighted by molar-refractivity contribution is 7.98. The third kappa shape index (κ3) is 4.35. The van der Waals surface area contributed by atoms with E-state index in [1.807, 2.05) is 30.3 Å². The Balaban J connectivity index is 1.33. The SMILES string of the molecule is CSCCCNC(=NCc1nnc(C)n1C)NCCN1C(=O)C2C3C=CC(C3)C2C1=O. The second-order valence-corrected chi connectivity index (χ2v) is 9.40. The number of likely N-dealkylation sites (tertiary alicyclic amines) is 1. The zero-order valence-electron chi connectivity index (χ0n) is 18.4. The van der Waals surface area contributed by atoms with Gasteiger partial charge in [-0.15, -0.1) is 10.2 Å². The number of guanidine groups is 1. The van der Waals surface area contributed by atoms with Gasteiger partial charge in [-0.1, -0.05) is 12.2 Å². The molecule has 0 aromatic carbocycles. The van der Waals surface area contributed by atoms with E-state index in [4.69, 9.17) is 0 Å². The molecule has 1 saturated carbocycles. The molecule has 1 aromatic heterocycles. The van der Waals surface area contributed by atoms with Gasteiger partial charge in [-0.05, 0) is 43.6 Å². The Morgan fingerprint density at radius 3 is 2.45 bits per heavy atom. The molecule has 2 amide bonds. The van der Waals surface area contributed by atoms with Gasteiger partial charge < -0.3 is 15.2 Å². The predicted molar refractivity (Wildman–Crippen MR) is 120 cm³/mol. The maximum atomic E-state index is 12.8. The van der Waals surface area contributed by atoms with Crippen molar-refractivity contribution in [1.82, 2.24) is 30.3 Å². The maximum absolute atomic E-state index is 12.8. The lowest BCUT2D eigenvalue weighted by Crippen LogP contribution is -2.44. The minimum atomic E-state index is -0.139. The fourth-order valence-corrected chi connectivity index (χ4v) is 5.24. The Morgan fingerprint density at radius 2 is 1.84 bits per heavy atom. The molecular formula is C21H31N7O2S. The fraction of sp³-hybridized carbons (Fsp3) is 0.667. The first kappa shape index (κ1) is 21.9. The summed E-state index contributed by atoms with van der Waals surface area (Å²) >= 11 is 1.81. The molecule has 31 heavy (non-hydrogen) atoms. The van der Waals surface area contributed by atoms with Crippen LogP contribution in [0.4, 0.5) is 0 Å². The molecule has 0 spiro atoms. The minimum Gasteiger partial charge on any atom is -0.356 e. The topological polar surface area (TPSA) is 105 Å². The number of thioether (sulfide) groups is 1. The molecular weight excluding hydrogens is 414 g/mol. The van der Waals surface area contributed by atoms with E-state index in [2.05, 4.69) is 44.2 Å². The highest BCUT2D eigenvalue weighted by atomic mass is 32.2. The summed E-state index contributed by atoms with van der Waals surface area (Å²) in [6.07, 6.45) is 8.31. The first-order valence-electron chi connectivity index (χ1n) is 10.9. The average molecular weight is 446 g/mol. The molecule has 2 aliphatic carbocycles. The van der Waals surface area contributed by atoms with Crippen LogP contribution in [-0.2, 0) is 23.2 Å². The molecule has 2 N–H and O–H groups in total. The summed E-state index contributed by atoms with van der Waals surface area (Å²) in [5.74, 6) is 3.55. The van der Waals surface area contributed by atoms with Crippen LogP contribution in [0.1, 0.15) is 24.5 Å². The standard InChI is InChI=1S/C21H31N7O2S/c1-13-25-26-16(27(13)2)12-24-21(22-7-4-10-31-3)23-8-9-28-19(29)17-14-5-6-15(11-14)18(17)20(28)30/h5-6,14-15,17-18H,4,7-12H2,1-3H3,(H2,22,23,24). The number of hydrogen-bond donors (Lipinski definition) is 2. The summed E-state index contributed by atoms with van der Waals surface area (Å²) < 4.78 is 1.91. The van der Waals surface area contributed by atoms with Gasteiger partial charge in [-0.2, -0.15) is 11.8 Å². The van der Waals surface area contributed by atoms with Crippen LogP contribution in [0.5, 0.6) is 0 Å². The van der Waals surface area contributed by atoms with Crippen molar-refractivity contribution in [2.75, 3.05) is 31.6 Å². The Morgan fingerprint density at radius 1 is 1.16 bits per heavy atom. The van der Waals surface area contributed by atoms with E-state index in [0.29, 0.717) is 25.6 Å². The fourth-order valence-electron chi connectivity index (χ4n) is 4.81. The number of imide groups is 1. The van der Waals surface area contributed by atoms with Crippen molar-refractivity contribution in [2.24, 2.45) is 35.7 Å². The van der Waals surface area contributed by atoms with Crippen molar-refractivity contribution in [1.29, 1.82) is 0 Å². The van der Waals surface area contributed by atoms with E-state index in [-0.39, 0.29) is 35.5 Å². The van der Waals surface area contributed by atoms with E-state index in [0.717, 1.165) is 36.8 Å². The summed E-state index contributed by atoms with van der Waals surface area (Å²) in [6, 6.07) is 0.